The molecule has 1 aromatic heterocycles. The van der Waals surface area contributed by atoms with Crippen LogP contribution in [-0.2, 0) is 9.53 Å². The summed E-state index contributed by atoms with van der Waals surface area (Å²) < 4.78 is 5.73. The van der Waals surface area contributed by atoms with Gasteiger partial charge in [-0.2, -0.15) is 0 Å². The van der Waals surface area contributed by atoms with E-state index in [1.807, 2.05) is 32.0 Å². The van der Waals surface area contributed by atoms with Crippen molar-refractivity contribution < 1.29 is 9.53 Å². The van der Waals surface area contributed by atoms with Crippen molar-refractivity contribution in [3.63, 3.8) is 0 Å². The summed E-state index contributed by atoms with van der Waals surface area (Å²) in [6.07, 6.45) is 2.62. The summed E-state index contributed by atoms with van der Waals surface area (Å²) in [6, 6.07) is 5.51. The van der Waals surface area contributed by atoms with Gasteiger partial charge in [-0.25, -0.2) is 4.98 Å². The van der Waals surface area contributed by atoms with E-state index >= 15 is 0 Å². The normalized spacial score (nSPS) is 34.2. The van der Waals surface area contributed by atoms with Gasteiger partial charge >= 0.3 is 0 Å². The van der Waals surface area contributed by atoms with Gasteiger partial charge < -0.3 is 10.5 Å². The highest BCUT2D eigenvalue weighted by molar-refractivity contribution is 6.01. The van der Waals surface area contributed by atoms with Gasteiger partial charge in [0.25, 0.3) is 0 Å². The van der Waals surface area contributed by atoms with E-state index in [0.717, 1.165) is 6.42 Å². The first kappa shape index (κ1) is 13.5. The predicted molar refractivity (Wildman–Crippen MR) is 76.2 cm³/mol. The number of pyridine rings is 1. The predicted octanol–water partition coefficient (Wildman–Crippen LogP) is 1.19. The molecule has 0 radical (unpaired) electrons. The van der Waals surface area contributed by atoms with Crippen LogP contribution in [0.4, 0.5) is 5.82 Å². The van der Waals surface area contributed by atoms with Crippen LogP contribution in [0.3, 0.4) is 0 Å². The number of anilines is 1. The molecule has 1 aromatic rings. The monoisotopic (exact) mass is 275 g/mol. The highest BCUT2D eigenvalue weighted by Crippen LogP contribution is 2.58. The van der Waals surface area contributed by atoms with Crippen LogP contribution in [0.2, 0.25) is 0 Å². The number of hydrogen-bond acceptors (Lipinski definition) is 4. The minimum atomic E-state index is -0.875. The van der Waals surface area contributed by atoms with Crippen molar-refractivity contribution in [3.05, 3.63) is 24.4 Å². The maximum absolute atomic E-state index is 12.9. The maximum Gasteiger partial charge on any atom is 0.249 e. The van der Waals surface area contributed by atoms with Gasteiger partial charge in [0, 0.05) is 31.2 Å². The lowest BCUT2D eigenvalue weighted by Crippen LogP contribution is -2.80. The zero-order valence-electron chi connectivity index (χ0n) is 12.2. The Balaban J connectivity index is 1.90. The van der Waals surface area contributed by atoms with Gasteiger partial charge in [-0.1, -0.05) is 19.9 Å². The number of fused-ring (bicyclic) bond motifs is 1. The molecule has 0 spiro atoms. The third-order valence-corrected chi connectivity index (χ3v) is 5.11. The Morgan fingerprint density at radius 1 is 1.50 bits per heavy atom. The first-order chi connectivity index (χ1) is 9.40. The molecule has 3 unspecified atom stereocenters. The summed E-state index contributed by atoms with van der Waals surface area (Å²) in [6.45, 7) is 4.73. The van der Waals surface area contributed by atoms with Crippen molar-refractivity contribution in [1.82, 2.24) is 4.98 Å². The molecule has 1 saturated heterocycles. The number of carbonyl (C=O) groups excluding carboxylic acids is 1. The minimum Gasteiger partial charge on any atom is -0.377 e. The number of aromatic nitrogens is 1. The third-order valence-electron chi connectivity index (χ3n) is 5.11. The largest absolute Gasteiger partial charge is 0.377 e. The van der Waals surface area contributed by atoms with Crippen LogP contribution in [-0.4, -0.2) is 36.2 Å². The molecular weight excluding hydrogens is 254 g/mol. The van der Waals surface area contributed by atoms with E-state index in [9.17, 15) is 4.79 Å². The Kier molecular flexibility index (Phi) is 2.88. The molecule has 5 nitrogen and oxygen atoms in total. The molecule has 3 rings (SSSR count). The summed E-state index contributed by atoms with van der Waals surface area (Å²) >= 11 is 0. The second kappa shape index (κ2) is 4.27. The number of likely N-dealkylation sites (N-methyl/N-ethyl adjacent to an activating group) is 1. The number of nitrogens with zero attached hydrogens (tertiary/aromatic N) is 2. The lowest BCUT2D eigenvalue weighted by molar-refractivity contribution is -0.172. The highest BCUT2D eigenvalue weighted by Gasteiger charge is 2.71. The number of amides is 1. The first-order valence-corrected chi connectivity index (χ1v) is 7.00. The van der Waals surface area contributed by atoms with E-state index in [0.29, 0.717) is 12.4 Å². The van der Waals surface area contributed by atoms with Crippen molar-refractivity contribution in [2.75, 3.05) is 18.6 Å². The fraction of sp³-hybridized carbons (Fsp3) is 0.600. The van der Waals surface area contributed by atoms with E-state index in [-0.39, 0.29) is 23.3 Å². The van der Waals surface area contributed by atoms with Crippen molar-refractivity contribution in [1.29, 1.82) is 0 Å². The van der Waals surface area contributed by atoms with Crippen molar-refractivity contribution >= 4 is 11.7 Å². The molecule has 5 heteroatoms. The standard InChI is InChI=1S/C15H21N3O2/c1-14(2)12-10(7-9-20-12)15(14,16)13(19)18(3)11-6-4-5-8-17-11/h4-6,8,10,12H,7,9,16H2,1-3H3. The zero-order chi connectivity index (χ0) is 14.5. The average Bonchev–Trinajstić information content (AvgIpc) is 2.94. The van der Waals surface area contributed by atoms with Crippen molar-refractivity contribution in [3.8, 4) is 0 Å². The maximum atomic E-state index is 12.9. The van der Waals surface area contributed by atoms with Crippen molar-refractivity contribution in [2.45, 2.75) is 31.9 Å². The second-order valence-corrected chi connectivity index (χ2v) is 6.33. The van der Waals surface area contributed by atoms with Crippen LogP contribution in [0.15, 0.2) is 24.4 Å². The topological polar surface area (TPSA) is 68.5 Å². The molecule has 3 atom stereocenters. The van der Waals surface area contributed by atoms with Gasteiger partial charge in [-0.15, -0.1) is 0 Å². The fourth-order valence-electron chi connectivity index (χ4n) is 3.75. The Morgan fingerprint density at radius 3 is 2.90 bits per heavy atom. The molecule has 0 bridgehead atoms. The van der Waals surface area contributed by atoms with Crippen molar-refractivity contribution in [2.24, 2.45) is 17.1 Å². The molecule has 2 heterocycles. The van der Waals surface area contributed by atoms with Gasteiger partial charge in [-0.05, 0) is 18.6 Å². The second-order valence-electron chi connectivity index (χ2n) is 6.33. The fourth-order valence-corrected chi connectivity index (χ4v) is 3.75. The summed E-state index contributed by atoms with van der Waals surface area (Å²) in [5.74, 6) is 0.657. The van der Waals surface area contributed by atoms with Gasteiger partial charge in [0.1, 0.15) is 11.4 Å². The SMILES string of the molecule is CN(C(=O)C1(N)C2CCOC2C1(C)C)c1ccccn1. The Hall–Kier alpha value is -1.46. The Labute approximate surface area is 119 Å². The van der Waals surface area contributed by atoms with Crippen LogP contribution in [0, 0.1) is 11.3 Å². The molecule has 108 valence electrons. The molecule has 1 aliphatic carbocycles. The summed E-state index contributed by atoms with van der Waals surface area (Å²) in [5, 5.41) is 0. The van der Waals surface area contributed by atoms with E-state index in [1.165, 1.54) is 0 Å². The van der Waals surface area contributed by atoms with Gasteiger partial charge in [-0.3, -0.25) is 9.69 Å². The van der Waals surface area contributed by atoms with Crippen LogP contribution >= 0.6 is 0 Å². The zero-order valence-corrected chi connectivity index (χ0v) is 12.2. The van der Waals surface area contributed by atoms with Gasteiger partial charge in [0.2, 0.25) is 5.91 Å². The van der Waals surface area contributed by atoms with Gasteiger partial charge in [0.15, 0.2) is 0 Å². The number of nitrogens with two attached hydrogens (primary N) is 1. The van der Waals surface area contributed by atoms with Crippen LogP contribution in [0.1, 0.15) is 20.3 Å². The molecule has 2 aliphatic rings. The number of rotatable bonds is 2. The van der Waals surface area contributed by atoms with E-state index in [1.54, 1.807) is 18.1 Å². The Bertz CT molecular complexity index is 531. The van der Waals surface area contributed by atoms with Crippen LogP contribution < -0.4 is 10.6 Å². The molecule has 20 heavy (non-hydrogen) atoms. The van der Waals surface area contributed by atoms with E-state index < -0.39 is 5.54 Å². The van der Waals surface area contributed by atoms with Crippen LogP contribution in [0.5, 0.6) is 0 Å². The number of ether oxygens (including phenoxy) is 1. The molecule has 1 aliphatic heterocycles. The molecule has 1 saturated carbocycles. The number of carbonyl (C=O) groups is 1. The lowest BCUT2D eigenvalue weighted by atomic mass is 9.47. The molecular formula is C15H21N3O2. The smallest absolute Gasteiger partial charge is 0.249 e. The minimum absolute atomic E-state index is 0.0760. The average molecular weight is 275 g/mol. The summed E-state index contributed by atoms with van der Waals surface area (Å²) in [4.78, 5) is 18.7. The highest BCUT2D eigenvalue weighted by atomic mass is 16.5. The summed E-state index contributed by atoms with van der Waals surface area (Å²) in [5.41, 5.74) is 5.32. The first-order valence-electron chi connectivity index (χ1n) is 7.00. The number of hydrogen-bond donors (Lipinski definition) is 1. The molecule has 0 aromatic carbocycles. The van der Waals surface area contributed by atoms with E-state index in [2.05, 4.69) is 4.98 Å². The summed E-state index contributed by atoms with van der Waals surface area (Å²) in [7, 11) is 1.73. The quantitative estimate of drug-likeness (QED) is 0.880. The lowest BCUT2D eigenvalue weighted by Gasteiger charge is -2.61. The van der Waals surface area contributed by atoms with Crippen LogP contribution in [0.25, 0.3) is 0 Å². The van der Waals surface area contributed by atoms with Gasteiger partial charge in [0.05, 0.1) is 6.10 Å². The molecule has 2 N–H and O–H groups in total. The third kappa shape index (κ3) is 1.50. The van der Waals surface area contributed by atoms with E-state index in [4.69, 9.17) is 10.5 Å². The Morgan fingerprint density at radius 2 is 2.25 bits per heavy atom. The molecule has 2 fully saturated rings. The molecule has 1 amide bonds.